The summed E-state index contributed by atoms with van der Waals surface area (Å²) in [4.78, 5) is 12.4. The molecule has 0 unspecified atom stereocenters. The number of hydrogen-bond donors (Lipinski definition) is 3. The second-order valence-corrected chi connectivity index (χ2v) is 5.31. The summed E-state index contributed by atoms with van der Waals surface area (Å²) in [6.07, 6.45) is 1.37. The van der Waals surface area contributed by atoms with Crippen molar-refractivity contribution >= 4 is 28.1 Å². The van der Waals surface area contributed by atoms with E-state index < -0.39 is 5.91 Å². The van der Waals surface area contributed by atoms with E-state index in [0.29, 0.717) is 16.5 Å². The molecule has 3 N–H and O–H groups in total. The summed E-state index contributed by atoms with van der Waals surface area (Å²) < 4.78 is 0. The number of carbonyl (C=O) groups is 1. The quantitative estimate of drug-likeness (QED) is 0.499. The number of carbonyl (C=O) groups excluding carboxylic acids is 1. The second-order valence-electron chi connectivity index (χ2n) is 5.31. The normalized spacial score (nSPS) is 10.9. The number of nitriles is 1. The Labute approximate surface area is 144 Å². The Kier molecular flexibility index (Phi) is 4.63. The lowest BCUT2D eigenvalue weighted by Gasteiger charge is -2.09. The second kappa shape index (κ2) is 7.20. The number of para-hydroxylation sites is 1. The van der Waals surface area contributed by atoms with Gasteiger partial charge in [0, 0.05) is 28.3 Å². The number of nitrogens with one attached hydrogen (secondary N) is 2. The van der Waals surface area contributed by atoms with Crippen LogP contribution in [0, 0.1) is 11.3 Å². The Morgan fingerprint density at radius 2 is 1.68 bits per heavy atom. The molecule has 0 aromatic heterocycles. The first kappa shape index (κ1) is 16.1. The predicted molar refractivity (Wildman–Crippen MR) is 98.0 cm³/mol. The fourth-order valence-corrected chi connectivity index (χ4v) is 2.43. The van der Waals surface area contributed by atoms with E-state index in [1.807, 2.05) is 36.4 Å². The first-order chi connectivity index (χ1) is 12.2. The van der Waals surface area contributed by atoms with Gasteiger partial charge in [-0.15, -0.1) is 0 Å². The van der Waals surface area contributed by atoms with E-state index in [-0.39, 0.29) is 11.3 Å². The van der Waals surface area contributed by atoms with Crippen LogP contribution in [0.2, 0.25) is 0 Å². The summed E-state index contributed by atoms with van der Waals surface area (Å²) in [6, 6.07) is 21.4. The SMILES string of the molecule is N#C/C(=C/Nc1ccccc1)C(=O)Nc1cccc2c(O)cccc12. The lowest BCUT2D eigenvalue weighted by atomic mass is 10.1. The molecule has 0 aliphatic heterocycles. The summed E-state index contributed by atoms with van der Waals surface area (Å²) in [6.45, 7) is 0. The Bertz CT molecular complexity index is 989. The molecule has 1 amide bonds. The zero-order chi connectivity index (χ0) is 17.6. The van der Waals surface area contributed by atoms with Crippen LogP contribution in [0.1, 0.15) is 0 Å². The van der Waals surface area contributed by atoms with Crippen molar-refractivity contribution in [1.82, 2.24) is 0 Å². The number of benzene rings is 3. The van der Waals surface area contributed by atoms with E-state index in [0.717, 1.165) is 5.69 Å². The van der Waals surface area contributed by atoms with E-state index in [4.69, 9.17) is 0 Å². The minimum absolute atomic E-state index is 0.0546. The van der Waals surface area contributed by atoms with Crippen molar-refractivity contribution in [1.29, 1.82) is 5.26 Å². The number of amides is 1. The van der Waals surface area contributed by atoms with Crippen LogP contribution in [0.25, 0.3) is 10.8 Å². The largest absolute Gasteiger partial charge is 0.507 e. The highest BCUT2D eigenvalue weighted by Gasteiger charge is 2.12. The molecule has 0 aliphatic carbocycles. The monoisotopic (exact) mass is 329 g/mol. The van der Waals surface area contributed by atoms with Gasteiger partial charge in [-0.25, -0.2) is 0 Å². The minimum Gasteiger partial charge on any atom is -0.507 e. The molecule has 0 aliphatic rings. The van der Waals surface area contributed by atoms with Gasteiger partial charge in [0.1, 0.15) is 17.4 Å². The van der Waals surface area contributed by atoms with Gasteiger partial charge >= 0.3 is 0 Å². The van der Waals surface area contributed by atoms with Crippen LogP contribution in [0.4, 0.5) is 11.4 Å². The van der Waals surface area contributed by atoms with Gasteiger partial charge < -0.3 is 15.7 Å². The van der Waals surface area contributed by atoms with Crippen molar-refractivity contribution in [3.05, 3.63) is 78.5 Å². The highest BCUT2D eigenvalue weighted by molar-refractivity contribution is 6.11. The maximum atomic E-state index is 12.4. The number of rotatable bonds is 4. The number of hydrogen-bond acceptors (Lipinski definition) is 4. The lowest BCUT2D eigenvalue weighted by Crippen LogP contribution is -2.14. The summed E-state index contributed by atoms with van der Waals surface area (Å²) in [5.41, 5.74) is 1.25. The number of phenolic OH excluding ortho intramolecular Hbond substituents is 1. The molecule has 3 aromatic carbocycles. The lowest BCUT2D eigenvalue weighted by molar-refractivity contribution is -0.112. The Morgan fingerprint density at radius 1 is 0.960 bits per heavy atom. The van der Waals surface area contributed by atoms with Gasteiger partial charge in [0.25, 0.3) is 5.91 Å². The molecule has 0 fully saturated rings. The average molecular weight is 329 g/mol. The van der Waals surface area contributed by atoms with Crippen molar-refractivity contribution in [2.24, 2.45) is 0 Å². The van der Waals surface area contributed by atoms with Crippen LogP contribution in [0.5, 0.6) is 5.75 Å². The van der Waals surface area contributed by atoms with Gasteiger partial charge in [0.05, 0.1) is 0 Å². The maximum absolute atomic E-state index is 12.4. The number of fused-ring (bicyclic) bond motifs is 1. The topological polar surface area (TPSA) is 85.2 Å². The number of aromatic hydroxyl groups is 1. The van der Waals surface area contributed by atoms with E-state index in [1.165, 1.54) is 6.20 Å². The fourth-order valence-electron chi connectivity index (χ4n) is 2.43. The van der Waals surface area contributed by atoms with Gasteiger partial charge in [-0.05, 0) is 24.3 Å². The Morgan fingerprint density at radius 3 is 2.44 bits per heavy atom. The van der Waals surface area contributed by atoms with Crippen molar-refractivity contribution in [2.75, 3.05) is 10.6 Å². The summed E-state index contributed by atoms with van der Waals surface area (Å²) in [7, 11) is 0. The third-order valence-electron chi connectivity index (χ3n) is 3.67. The van der Waals surface area contributed by atoms with Gasteiger partial charge in [-0.3, -0.25) is 4.79 Å². The number of phenols is 1. The van der Waals surface area contributed by atoms with Gasteiger partial charge in [-0.2, -0.15) is 5.26 Å². The molecule has 0 spiro atoms. The minimum atomic E-state index is -0.526. The molecule has 122 valence electrons. The molecule has 3 rings (SSSR count). The highest BCUT2D eigenvalue weighted by atomic mass is 16.3. The number of anilines is 2. The van der Waals surface area contributed by atoms with E-state index in [1.54, 1.807) is 36.4 Å². The van der Waals surface area contributed by atoms with E-state index in [2.05, 4.69) is 10.6 Å². The summed E-state index contributed by atoms with van der Waals surface area (Å²) in [5.74, 6) is -0.392. The zero-order valence-corrected chi connectivity index (χ0v) is 13.2. The van der Waals surface area contributed by atoms with Gasteiger partial charge in [-0.1, -0.05) is 42.5 Å². The third-order valence-corrected chi connectivity index (χ3v) is 3.67. The molecule has 25 heavy (non-hydrogen) atoms. The molecule has 3 aromatic rings. The van der Waals surface area contributed by atoms with Gasteiger partial charge in [0.15, 0.2) is 0 Å². The molecule has 0 heterocycles. The van der Waals surface area contributed by atoms with Gasteiger partial charge in [0.2, 0.25) is 0 Å². The molecule has 0 saturated carbocycles. The Balaban J connectivity index is 1.84. The smallest absolute Gasteiger partial charge is 0.267 e. The number of nitrogens with zero attached hydrogens (tertiary/aromatic N) is 1. The third kappa shape index (κ3) is 3.59. The van der Waals surface area contributed by atoms with Crippen LogP contribution in [0.3, 0.4) is 0 Å². The molecular weight excluding hydrogens is 314 g/mol. The van der Waals surface area contributed by atoms with Crippen LogP contribution in [0.15, 0.2) is 78.5 Å². The van der Waals surface area contributed by atoms with Crippen molar-refractivity contribution in [2.45, 2.75) is 0 Å². The fraction of sp³-hybridized carbons (Fsp3) is 0. The zero-order valence-electron chi connectivity index (χ0n) is 13.2. The average Bonchev–Trinajstić information content (AvgIpc) is 2.64. The van der Waals surface area contributed by atoms with Crippen molar-refractivity contribution in [3.8, 4) is 11.8 Å². The Hall–Kier alpha value is -3.78. The molecule has 0 radical (unpaired) electrons. The van der Waals surface area contributed by atoms with Crippen molar-refractivity contribution in [3.63, 3.8) is 0 Å². The summed E-state index contributed by atoms with van der Waals surface area (Å²) in [5, 5.41) is 26.1. The molecular formula is C20H15N3O2. The first-order valence-electron chi connectivity index (χ1n) is 7.63. The molecule has 5 nitrogen and oxygen atoms in total. The molecule has 0 atom stereocenters. The van der Waals surface area contributed by atoms with Crippen LogP contribution >= 0.6 is 0 Å². The van der Waals surface area contributed by atoms with Crippen LogP contribution in [-0.4, -0.2) is 11.0 Å². The maximum Gasteiger partial charge on any atom is 0.267 e. The molecule has 5 heteroatoms. The molecule has 0 saturated heterocycles. The molecule has 0 bridgehead atoms. The first-order valence-corrected chi connectivity index (χ1v) is 7.63. The van der Waals surface area contributed by atoms with E-state index >= 15 is 0 Å². The highest BCUT2D eigenvalue weighted by Crippen LogP contribution is 2.29. The van der Waals surface area contributed by atoms with Crippen LogP contribution < -0.4 is 10.6 Å². The van der Waals surface area contributed by atoms with Crippen LogP contribution in [-0.2, 0) is 4.79 Å². The predicted octanol–water partition coefficient (Wildman–Crippen LogP) is 4.00. The van der Waals surface area contributed by atoms with E-state index in [9.17, 15) is 15.2 Å². The van der Waals surface area contributed by atoms with Crippen molar-refractivity contribution < 1.29 is 9.90 Å². The standard InChI is InChI=1S/C20H15N3O2/c21-12-14(13-22-15-6-2-1-3-7-15)20(25)23-18-10-4-9-17-16(18)8-5-11-19(17)24/h1-11,13,22,24H,(H,23,25)/b14-13-. The summed E-state index contributed by atoms with van der Waals surface area (Å²) >= 11 is 0.